The summed E-state index contributed by atoms with van der Waals surface area (Å²) in [6, 6.07) is 8.84. The molecule has 0 spiro atoms. The summed E-state index contributed by atoms with van der Waals surface area (Å²) in [5.74, 6) is 2.57. The topological polar surface area (TPSA) is 21.3 Å². The maximum Gasteiger partial charge on any atom is 0.119 e. The molecule has 2 saturated carbocycles. The van der Waals surface area contributed by atoms with Crippen LogP contribution in [0.3, 0.4) is 0 Å². The Bertz CT molecular complexity index is 441. The summed E-state index contributed by atoms with van der Waals surface area (Å²) in [5.41, 5.74) is 1.71. The first kappa shape index (κ1) is 13.9. The first-order valence-corrected chi connectivity index (χ1v) is 8.03. The minimum atomic E-state index is 0.224. The second kappa shape index (κ2) is 5.40. The molecule has 2 heteroatoms. The van der Waals surface area contributed by atoms with Gasteiger partial charge >= 0.3 is 0 Å². The Balaban J connectivity index is 1.55. The summed E-state index contributed by atoms with van der Waals surface area (Å²) in [7, 11) is 0. The van der Waals surface area contributed by atoms with E-state index in [1.807, 2.05) is 0 Å². The largest absolute Gasteiger partial charge is 0.490 e. The van der Waals surface area contributed by atoms with Crippen molar-refractivity contribution in [1.82, 2.24) is 5.32 Å². The van der Waals surface area contributed by atoms with Crippen LogP contribution in [0.15, 0.2) is 24.3 Å². The average Bonchev–Trinajstić information content (AvgIpc) is 3.13. The third-order valence-corrected chi connectivity index (χ3v) is 4.45. The number of rotatable bonds is 5. The van der Waals surface area contributed by atoms with E-state index in [0.717, 1.165) is 24.1 Å². The Morgan fingerprint density at radius 2 is 1.75 bits per heavy atom. The van der Waals surface area contributed by atoms with Crippen LogP contribution in [0.4, 0.5) is 0 Å². The lowest BCUT2D eigenvalue weighted by Gasteiger charge is -2.39. The van der Waals surface area contributed by atoms with E-state index < -0.39 is 0 Å². The zero-order chi connectivity index (χ0) is 14.2. The van der Waals surface area contributed by atoms with Crippen LogP contribution in [0.5, 0.6) is 5.75 Å². The van der Waals surface area contributed by atoms with Crippen LogP contribution in [0, 0.1) is 5.92 Å². The molecule has 2 aliphatic carbocycles. The molecule has 0 heterocycles. The van der Waals surface area contributed by atoms with E-state index in [-0.39, 0.29) is 5.54 Å². The molecule has 110 valence electrons. The van der Waals surface area contributed by atoms with E-state index in [2.05, 4.69) is 50.4 Å². The Hall–Kier alpha value is -1.02. The fraction of sp³-hybridized carbons (Fsp3) is 0.667. The van der Waals surface area contributed by atoms with Crippen molar-refractivity contribution in [2.45, 2.75) is 64.0 Å². The molecule has 3 rings (SSSR count). The van der Waals surface area contributed by atoms with Gasteiger partial charge in [0.15, 0.2) is 0 Å². The third-order valence-electron chi connectivity index (χ3n) is 4.45. The van der Waals surface area contributed by atoms with Gasteiger partial charge in [-0.2, -0.15) is 0 Å². The average molecular weight is 273 g/mol. The lowest BCUT2D eigenvalue weighted by atomic mass is 9.70. The van der Waals surface area contributed by atoms with Crippen LogP contribution in [-0.2, 0) is 0 Å². The molecule has 0 aliphatic heterocycles. The van der Waals surface area contributed by atoms with Crippen molar-refractivity contribution in [3.63, 3.8) is 0 Å². The fourth-order valence-electron chi connectivity index (χ4n) is 2.86. The van der Waals surface area contributed by atoms with Crippen molar-refractivity contribution in [1.29, 1.82) is 0 Å². The maximum atomic E-state index is 5.82. The van der Waals surface area contributed by atoms with Crippen molar-refractivity contribution in [3.8, 4) is 5.75 Å². The summed E-state index contributed by atoms with van der Waals surface area (Å²) in [6.07, 6.45) is 5.64. The van der Waals surface area contributed by atoms with Gasteiger partial charge in [0, 0.05) is 5.54 Å². The van der Waals surface area contributed by atoms with Crippen molar-refractivity contribution >= 4 is 0 Å². The SMILES string of the molecule is CC(C)(C)NCC1CCC1c1ccc(OC2CC2)cc1. The first-order valence-electron chi connectivity index (χ1n) is 8.03. The summed E-state index contributed by atoms with van der Waals surface area (Å²) in [6.45, 7) is 7.86. The number of benzene rings is 1. The molecule has 0 radical (unpaired) electrons. The highest BCUT2D eigenvalue weighted by atomic mass is 16.5. The molecule has 0 saturated heterocycles. The molecule has 2 aliphatic rings. The van der Waals surface area contributed by atoms with Crippen LogP contribution in [-0.4, -0.2) is 18.2 Å². The Morgan fingerprint density at radius 3 is 2.25 bits per heavy atom. The molecule has 2 fully saturated rings. The van der Waals surface area contributed by atoms with Gasteiger partial charge < -0.3 is 10.1 Å². The molecule has 1 N–H and O–H groups in total. The summed E-state index contributed by atoms with van der Waals surface area (Å²) < 4.78 is 5.82. The van der Waals surface area contributed by atoms with Crippen LogP contribution >= 0.6 is 0 Å². The van der Waals surface area contributed by atoms with Crippen molar-refractivity contribution in [3.05, 3.63) is 29.8 Å². The van der Waals surface area contributed by atoms with Gasteiger partial charge in [0.05, 0.1) is 6.10 Å². The molecule has 0 amide bonds. The first-order chi connectivity index (χ1) is 9.51. The Morgan fingerprint density at radius 1 is 1.05 bits per heavy atom. The molecule has 1 aromatic carbocycles. The smallest absolute Gasteiger partial charge is 0.119 e. The Labute approximate surface area is 122 Å². The van der Waals surface area contributed by atoms with Crippen molar-refractivity contribution < 1.29 is 4.74 Å². The van der Waals surface area contributed by atoms with Gasteiger partial charge in [-0.05, 0) is 82.5 Å². The molecule has 2 atom stereocenters. The van der Waals surface area contributed by atoms with Crippen LogP contribution in [0.25, 0.3) is 0 Å². The molecular formula is C18H27NO. The van der Waals surface area contributed by atoms with Gasteiger partial charge in [0.2, 0.25) is 0 Å². The van der Waals surface area contributed by atoms with Crippen LogP contribution < -0.4 is 10.1 Å². The van der Waals surface area contributed by atoms with Gasteiger partial charge in [-0.25, -0.2) is 0 Å². The van der Waals surface area contributed by atoms with E-state index in [0.29, 0.717) is 6.10 Å². The highest BCUT2D eigenvalue weighted by Gasteiger charge is 2.32. The predicted octanol–water partition coefficient (Wildman–Crippen LogP) is 4.11. The Kier molecular flexibility index (Phi) is 3.76. The second-order valence-electron chi connectivity index (χ2n) is 7.46. The van der Waals surface area contributed by atoms with Gasteiger partial charge in [-0.1, -0.05) is 12.1 Å². The van der Waals surface area contributed by atoms with Crippen LogP contribution in [0.2, 0.25) is 0 Å². The molecule has 2 unspecified atom stereocenters. The van der Waals surface area contributed by atoms with E-state index in [4.69, 9.17) is 4.74 Å². The van der Waals surface area contributed by atoms with E-state index in [9.17, 15) is 0 Å². The summed E-state index contributed by atoms with van der Waals surface area (Å²) >= 11 is 0. The molecule has 1 aromatic rings. The zero-order valence-electron chi connectivity index (χ0n) is 13.0. The van der Waals surface area contributed by atoms with Crippen molar-refractivity contribution in [2.75, 3.05) is 6.54 Å². The number of hydrogen-bond donors (Lipinski definition) is 1. The normalized spacial score (nSPS) is 26.1. The molecule has 0 bridgehead atoms. The highest BCUT2D eigenvalue weighted by Crippen LogP contribution is 2.42. The van der Waals surface area contributed by atoms with Gasteiger partial charge in [0.1, 0.15) is 5.75 Å². The molecule has 0 aromatic heterocycles. The number of nitrogens with one attached hydrogen (secondary N) is 1. The standard InChI is InChI=1S/C18H27NO/c1-18(2,3)19-12-14-6-11-17(14)13-4-7-15(8-5-13)20-16-9-10-16/h4-5,7-8,14,16-17,19H,6,9-12H2,1-3H3. The quantitative estimate of drug-likeness (QED) is 0.871. The third kappa shape index (κ3) is 3.54. The summed E-state index contributed by atoms with van der Waals surface area (Å²) in [5, 5.41) is 3.64. The monoisotopic (exact) mass is 273 g/mol. The van der Waals surface area contributed by atoms with Gasteiger partial charge in [-0.15, -0.1) is 0 Å². The predicted molar refractivity (Wildman–Crippen MR) is 83.3 cm³/mol. The molecule has 2 nitrogen and oxygen atoms in total. The second-order valence-corrected chi connectivity index (χ2v) is 7.46. The zero-order valence-corrected chi connectivity index (χ0v) is 13.0. The lowest BCUT2D eigenvalue weighted by Crippen LogP contribution is -2.42. The van der Waals surface area contributed by atoms with E-state index in [1.54, 1.807) is 0 Å². The molecule has 20 heavy (non-hydrogen) atoms. The number of ether oxygens (including phenoxy) is 1. The maximum absolute atomic E-state index is 5.82. The highest BCUT2D eigenvalue weighted by molar-refractivity contribution is 5.31. The fourth-order valence-corrected chi connectivity index (χ4v) is 2.86. The minimum Gasteiger partial charge on any atom is -0.490 e. The van der Waals surface area contributed by atoms with Gasteiger partial charge in [-0.3, -0.25) is 0 Å². The van der Waals surface area contributed by atoms with E-state index in [1.165, 1.54) is 31.2 Å². The van der Waals surface area contributed by atoms with Gasteiger partial charge in [0.25, 0.3) is 0 Å². The number of hydrogen-bond acceptors (Lipinski definition) is 2. The summed E-state index contributed by atoms with van der Waals surface area (Å²) in [4.78, 5) is 0. The van der Waals surface area contributed by atoms with E-state index >= 15 is 0 Å². The minimum absolute atomic E-state index is 0.224. The van der Waals surface area contributed by atoms with Crippen molar-refractivity contribution in [2.24, 2.45) is 5.92 Å². The molecular weight excluding hydrogens is 246 g/mol. The van der Waals surface area contributed by atoms with Crippen LogP contribution in [0.1, 0.15) is 57.9 Å². The lowest BCUT2D eigenvalue weighted by molar-refractivity contribution is 0.225.